The Hall–Kier alpha value is -3.58. The van der Waals surface area contributed by atoms with Gasteiger partial charge in [-0.05, 0) is 61.7 Å². The van der Waals surface area contributed by atoms with E-state index in [0.29, 0.717) is 12.4 Å². The number of hydrogen-bond acceptors (Lipinski definition) is 4. The summed E-state index contributed by atoms with van der Waals surface area (Å²) in [4.78, 5) is 4.32. The fourth-order valence-corrected chi connectivity index (χ4v) is 3.83. The van der Waals surface area contributed by atoms with Crippen molar-refractivity contribution in [2.75, 3.05) is 6.61 Å². The standard InChI is InChI=1S/C25H21F2N3O2/c26-17-13-18(27)15-21(14-17)32-20-8-10-24-22(16-20)23(9-7-19-5-1-3-11-28-19)29-30(24)25-6-2-4-12-31-25/h1,3,5,7-11,13-16,25H,2,4,6,12H2/b9-7+. The molecule has 5 nitrogen and oxygen atoms in total. The molecule has 5 rings (SSSR count). The lowest BCUT2D eigenvalue weighted by Gasteiger charge is -2.23. The van der Waals surface area contributed by atoms with Crippen LogP contribution in [0.1, 0.15) is 36.9 Å². The van der Waals surface area contributed by atoms with Crippen molar-refractivity contribution < 1.29 is 18.3 Å². The van der Waals surface area contributed by atoms with E-state index in [1.165, 1.54) is 0 Å². The topological polar surface area (TPSA) is 49.2 Å². The average Bonchev–Trinajstić information content (AvgIpc) is 3.16. The van der Waals surface area contributed by atoms with Crippen molar-refractivity contribution in [1.82, 2.24) is 14.8 Å². The quantitative estimate of drug-likeness (QED) is 0.367. The lowest BCUT2D eigenvalue weighted by atomic mass is 10.1. The molecule has 1 fully saturated rings. The van der Waals surface area contributed by atoms with Gasteiger partial charge in [0.25, 0.3) is 0 Å². The number of aromatic nitrogens is 3. The number of benzene rings is 2. The van der Waals surface area contributed by atoms with Gasteiger partial charge in [0.2, 0.25) is 0 Å². The predicted molar refractivity (Wildman–Crippen MR) is 118 cm³/mol. The largest absolute Gasteiger partial charge is 0.457 e. The molecule has 0 saturated carbocycles. The van der Waals surface area contributed by atoms with Crippen LogP contribution in [-0.2, 0) is 4.74 Å². The maximum absolute atomic E-state index is 13.6. The second kappa shape index (κ2) is 8.88. The number of nitrogens with zero attached hydrogens (tertiary/aromatic N) is 3. The first-order valence-electron chi connectivity index (χ1n) is 10.5. The van der Waals surface area contributed by atoms with Gasteiger partial charge < -0.3 is 9.47 Å². The number of hydrogen-bond donors (Lipinski definition) is 0. The Labute approximate surface area is 183 Å². The van der Waals surface area contributed by atoms with Crippen LogP contribution < -0.4 is 4.74 Å². The van der Waals surface area contributed by atoms with Crippen molar-refractivity contribution in [1.29, 1.82) is 0 Å². The molecule has 4 aromatic rings. The third-order valence-corrected chi connectivity index (χ3v) is 5.31. The van der Waals surface area contributed by atoms with Crippen LogP contribution in [-0.4, -0.2) is 21.4 Å². The zero-order chi connectivity index (χ0) is 21.9. The molecule has 162 valence electrons. The molecule has 2 aromatic carbocycles. The molecule has 1 aliphatic heterocycles. The van der Waals surface area contributed by atoms with E-state index in [1.807, 2.05) is 47.2 Å². The van der Waals surface area contributed by atoms with Crippen LogP contribution in [0, 0.1) is 11.6 Å². The Morgan fingerprint density at radius 1 is 0.969 bits per heavy atom. The van der Waals surface area contributed by atoms with Crippen LogP contribution in [0.4, 0.5) is 8.78 Å². The number of rotatable bonds is 5. The minimum absolute atomic E-state index is 0.0930. The smallest absolute Gasteiger partial charge is 0.150 e. The molecule has 0 N–H and O–H groups in total. The van der Waals surface area contributed by atoms with Gasteiger partial charge in [-0.2, -0.15) is 5.10 Å². The van der Waals surface area contributed by atoms with Gasteiger partial charge >= 0.3 is 0 Å². The van der Waals surface area contributed by atoms with E-state index in [-0.39, 0.29) is 12.0 Å². The summed E-state index contributed by atoms with van der Waals surface area (Å²) in [6.07, 6.45) is 8.41. The Bertz CT molecular complexity index is 1240. The Morgan fingerprint density at radius 2 is 1.84 bits per heavy atom. The van der Waals surface area contributed by atoms with Crippen molar-refractivity contribution in [2.45, 2.75) is 25.5 Å². The van der Waals surface area contributed by atoms with Crippen molar-refractivity contribution >= 4 is 23.1 Å². The second-order valence-corrected chi connectivity index (χ2v) is 7.63. The van der Waals surface area contributed by atoms with Gasteiger partial charge in [-0.3, -0.25) is 4.98 Å². The molecule has 0 amide bonds. The minimum atomic E-state index is -0.692. The van der Waals surface area contributed by atoms with E-state index in [9.17, 15) is 8.78 Å². The lowest BCUT2D eigenvalue weighted by Crippen LogP contribution is -2.19. The van der Waals surface area contributed by atoms with E-state index >= 15 is 0 Å². The van der Waals surface area contributed by atoms with Crippen LogP contribution in [0.15, 0.2) is 60.8 Å². The normalized spacial score (nSPS) is 16.6. The summed E-state index contributed by atoms with van der Waals surface area (Å²) < 4.78 is 40.7. The van der Waals surface area contributed by atoms with Crippen LogP contribution in [0.2, 0.25) is 0 Å². The fraction of sp³-hybridized carbons (Fsp3) is 0.200. The summed E-state index contributed by atoms with van der Waals surface area (Å²) >= 11 is 0. The number of ether oxygens (including phenoxy) is 2. The molecule has 7 heteroatoms. The summed E-state index contributed by atoms with van der Waals surface area (Å²) in [6, 6.07) is 14.3. The van der Waals surface area contributed by atoms with Gasteiger partial charge in [0.15, 0.2) is 6.23 Å². The molecular formula is C25H21F2N3O2. The van der Waals surface area contributed by atoms with Gasteiger partial charge in [-0.25, -0.2) is 13.5 Å². The monoisotopic (exact) mass is 433 g/mol. The zero-order valence-electron chi connectivity index (χ0n) is 17.2. The molecule has 1 aliphatic rings. The van der Waals surface area contributed by atoms with Crippen LogP contribution in [0.3, 0.4) is 0 Å². The molecule has 2 aromatic heterocycles. The first kappa shape index (κ1) is 20.3. The second-order valence-electron chi connectivity index (χ2n) is 7.63. The molecule has 32 heavy (non-hydrogen) atoms. The molecule has 3 heterocycles. The summed E-state index contributed by atoms with van der Waals surface area (Å²) in [5.74, 6) is -0.834. The van der Waals surface area contributed by atoms with Crippen molar-refractivity contribution in [3.8, 4) is 11.5 Å². The Kier molecular flexibility index (Phi) is 5.64. The van der Waals surface area contributed by atoms with Gasteiger partial charge in [-0.1, -0.05) is 6.07 Å². The molecule has 0 radical (unpaired) electrons. The Morgan fingerprint density at radius 3 is 2.59 bits per heavy atom. The first-order valence-corrected chi connectivity index (χ1v) is 10.5. The molecule has 0 spiro atoms. The minimum Gasteiger partial charge on any atom is -0.457 e. The molecule has 1 atom stereocenters. The predicted octanol–water partition coefficient (Wildman–Crippen LogP) is 6.37. The van der Waals surface area contributed by atoms with E-state index in [0.717, 1.165) is 59.8 Å². The SMILES string of the molecule is Fc1cc(F)cc(Oc2ccc3c(c2)c(/C=C/c2ccccn2)nn3C2CCCCO2)c1. The van der Waals surface area contributed by atoms with E-state index < -0.39 is 11.6 Å². The summed E-state index contributed by atoms with van der Waals surface area (Å²) in [7, 11) is 0. The van der Waals surface area contributed by atoms with Gasteiger partial charge in [0.1, 0.15) is 23.1 Å². The summed E-state index contributed by atoms with van der Waals surface area (Å²) in [6.45, 7) is 0.706. The third-order valence-electron chi connectivity index (χ3n) is 5.31. The van der Waals surface area contributed by atoms with E-state index in [1.54, 1.807) is 12.3 Å². The Balaban J connectivity index is 1.54. The van der Waals surface area contributed by atoms with E-state index in [4.69, 9.17) is 14.6 Å². The maximum Gasteiger partial charge on any atom is 0.150 e. The molecule has 0 bridgehead atoms. The number of halogens is 2. The third kappa shape index (κ3) is 4.38. The van der Waals surface area contributed by atoms with Crippen LogP contribution in [0.5, 0.6) is 11.5 Å². The first-order chi connectivity index (χ1) is 15.7. The molecule has 1 saturated heterocycles. The summed E-state index contributed by atoms with van der Waals surface area (Å²) in [5, 5.41) is 5.65. The van der Waals surface area contributed by atoms with Crippen molar-refractivity contribution in [2.24, 2.45) is 0 Å². The number of pyridine rings is 1. The highest BCUT2D eigenvalue weighted by Gasteiger charge is 2.21. The highest BCUT2D eigenvalue weighted by atomic mass is 19.1. The highest BCUT2D eigenvalue weighted by Crippen LogP contribution is 2.33. The maximum atomic E-state index is 13.6. The summed E-state index contributed by atoms with van der Waals surface area (Å²) in [5.41, 5.74) is 2.44. The van der Waals surface area contributed by atoms with Gasteiger partial charge in [0.05, 0.1) is 16.9 Å². The zero-order valence-corrected chi connectivity index (χ0v) is 17.2. The van der Waals surface area contributed by atoms with Crippen LogP contribution in [0.25, 0.3) is 23.1 Å². The lowest BCUT2D eigenvalue weighted by molar-refractivity contribution is -0.0367. The number of fused-ring (bicyclic) bond motifs is 1. The fourth-order valence-electron chi connectivity index (χ4n) is 3.83. The molecule has 1 unspecified atom stereocenters. The van der Waals surface area contributed by atoms with E-state index in [2.05, 4.69) is 4.98 Å². The van der Waals surface area contributed by atoms with Gasteiger partial charge in [0, 0.05) is 36.4 Å². The van der Waals surface area contributed by atoms with Crippen molar-refractivity contribution in [3.63, 3.8) is 0 Å². The average molecular weight is 433 g/mol. The van der Waals surface area contributed by atoms with Crippen molar-refractivity contribution in [3.05, 3.63) is 83.8 Å². The van der Waals surface area contributed by atoms with Gasteiger partial charge in [-0.15, -0.1) is 0 Å². The van der Waals surface area contributed by atoms with Crippen LogP contribution >= 0.6 is 0 Å². The molecular weight excluding hydrogens is 412 g/mol. The molecule has 0 aliphatic carbocycles. The highest BCUT2D eigenvalue weighted by molar-refractivity contribution is 5.90.